The normalized spacial score (nSPS) is 26.7. The molecule has 2 aromatic carbocycles. The minimum absolute atomic E-state index is 0.0795. The van der Waals surface area contributed by atoms with Gasteiger partial charge in [0.15, 0.2) is 5.96 Å². The van der Waals surface area contributed by atoms with Crippen molar-refractivity contribution in [3.05, 3.63) is 70.5 Å². The van der Waals surface area contributed by atoms with Gasteiger partial charge in [-0.3, -0.25) is 9.36 Å². The van der Waals surface area contributed by atoms with Gasteiger partial charge >= 0.3 is 0 Å². The number of fused-ring (bicyclic) bond motifs is 3. The molecule has 3 aromatic rings. The Hall–Kier alpha value is -3.26. The van der Waals surface area contributed by atoms with Crippen LogP contribution in [0.5, 0.6) is 0 Å². The van der Waals surface area contributed by atoms with Crippen molar-refractivity contribution in [1.29, 1.82) is 0 Å². The first-order valence-corrected chi connectivity index (χ1v) is 13.8. The average molecular weight is 517 g/mol. The lowest BCUT2D eigenvalue weighted by Gasteiger charge is -2.61. The van der Waals surface area contributed by atoms with Crippen molar-refractivity contribution in [2.75, 3.05) is 18.4 Å². The second-order valence-corrected chi connectivity index (χ2v) is 12.1. The molecule has 2 heterocycles. The van der Waals surface area contributed by atoms with Crippen LogP contribution < -0.4 is 16.6 Å². The molecule has 3 N–H and O–H groups in total. The molecule has 1 saturated heterocycles. The van der Waals surface area contributed by atoms with E-state index < -0.39 is 0 Å². The van der Waals surface area contributed by atoms with Crippen LogP contribution in [0.2, 0.25) is 0 Å². The second-order valence-electron chi connectivity index (χ2n) is 12.1. The van der Waals surface area contributed by atoms with Crippen molar-refractivity contribution >= 4 is 22.5 Å². The third-order valence-electron chi connectivity index (χ3n) is 9.45. The Morgan fingerprint density at radius 2 is 1.95 bits per heavy atom. The first kappa shape index (κ1) is 25.0. The van der Waals surface area contributed by atoms with Gasteiger partial charge in [-0.15, -0.1) is 0 Å². The van der Waals surface area contributed by atoms with E-state index in [1.54, 1.807) is 23.0 Å². The predicted octanol–water partition coefficient (Wildman–Crippen LogP) is 4.26. The third-order valence-corrected chi connectivity index (χ3v) is 9.45. The Morgan fingerprint density at radius 3 is 2.63 bits per heavy atom. The summed E-state index contributed by atoms with van der Waals surface area (Å²) in [6.07, 6.45) is 4.68. The lowest BCUT2D eigenvalue weighted by Crippen LogP contribution is -2.60. The Bertz CT molecular complexity index is 1420. The molecule has 7 nitrogen and oxygen atoms in total. The van der Waals surface area contributed by atoms with Gasteiger partial charge in [-0.25, -0.2) is 14.4 Å². The molecule has 4 fully saturated rings. The van der Waals surface area contributed by atoms with E-state index in [0.29, 0.717) is 41.2 Å². The van der Waals surface area contributed by atoms with Crippen LogP contribution >= 0.6 is 0 Å². The summed E-state index contributed by atoms with van der Waals surface area (Å²) in [6.45, 7) is 9.24. The molecule has 1 aromatic heterocycles. The maximum Gasteiger partial charge on any atom is 0.261 e. The number of aromatic nitrogens is 2. The van der Waals surface area contributed by atoms with Crippen LogP contribution in [-0.2, 0) is 13.0 Å². The number of anilines is 1. The van der Waals surface area contributed by atoms with Crippen LogP contribution in [-0.4, -0.2) is 45.6 Å². The molecule has 38 heavy (non-hydrogen) atoms. The summed E-state index contributed by atoms with van der Waals surface area (Å²) in [5.41, 5.74) is 8.94. The van der Waals surface area contributed by atoms with Gasteiger partial charge < -0.3 is 16.0 Å². The molecule has 0 radical (unpaired) electrons. The average Bonchev–Trinajstić information content (AvgIpc) is 2.88. The largest absolute Gasteiger partial charge is 0.339 e. The minimum atomic E-state index is -0.262. The summed E-state index contributed by atoms with van der Waals surface area (Å²) in [5, 5.41) is 4.11. The highest BCUT2D eigenvalue weighted by Crippen LogP contribution is 2.61. The van der Waals surface area contributed by atoms with Crippen molar-refractivity contribution in [2.45, 2.75) is 58.7 Å². The molecular formula is C30H37FN6O. The number of aryl methyl sites for hydroxylation is 2. The van der Waals surface area contributed by atoms with Crippen molar-refractivity contribution in [3.63, 3.8) is 0 Å². The lowest BCUT2D eigenvalue weighted by atomic mass is 9.45. The van der Waals surface area contributed by atoms with Crippen molar-refractivity contribution < 1.29 is 4.39 Å². The topological polar surface area (TPSA) is 88.5 Å². The van der Waals surface area contributed by atoms with E-state index >= 15 is 0 Å². The molecule has 3 saturated carbocycles. The zero-order valence-electron chi connectivity index (χ0n) is 22.4. The van der Waals surface area contributed by atoms with E-state index in [-0.39, 0.29) is 17.4 Å². The second kappa shape index (κ2) is 9.49. The van der Waals surface area contributed by atoms with Gasteiger partial charge in [0.25, 0.3) is 5.56 Å². The van der Waals surface area contributed by atoms with Crippen molar-refractivity contribution in [1.82, 2.24) is 14.5 Å². The van der Waals surface area contributed by atoms with E-state index in [0.717, 1.165) is 48.6 Å². The Morgan fingerprint density at radius 1 is 1.18 bits per heavy atom. The molecule has 3 aliphatic carbocycles. The number of halogens is 1. The number of nitrogens with one attached hydrogen (secondary N) is 1. The van der Waals surface area contributed by atoms with Gasteiger partial charge in [0, 0.05) is 31.4 Å². The van der Waals surface area contributed by atoms with Crippen LogP contribution in [0.25, 0.3) is 10.9 Å². The SMILES string of the molecule is C[C@@H]1[C@@H](N=C(Nc2ccc3c(=O)n(CCc4ccc(F)cc4)cnc3c2)N2CC(N)C2)C[C@@H]2C[C@H]1C2(C)C. The van der Waals surface area contributed by atoms with Gasteiger partial charge in [-0.2, -0.15) is 0 Å². The standard InChI is InChI=1S/C30H37FN6O/c1-18-25-12-20(30(25,2)3)13-26(18)35-29(37-15-22(32)16-37)34-23-8-9-24-27(14-23)33-17-36(28(24)38)11-10-19-4-6-21(31)7-5-19/h4-9,14,17-18,20,22,25-26H,10-13,15-16,32H2,1-3H3,(H,34,35)/t18-,20-,25+,26-/m0/s1. The monoisotopic (exact) mass is 516 g/mol. The maximum atomic E-state index is 13.2. The highest BCUT2D eigenvalue weighted by atomic mass is 19.1. The van der Waals surface area contributed by atoms with Gasteiger partial charge in [-0.1, -0.05) is 32.9 Å². The van der Waals surface area contributed by atoms with Crippen LogP contribution in [0, 0.1) is 29.0 Å². The summed E-state index contributed by atoms with van der Waals surface area (Å²) >= 11 is 0. The number of hydrogen-bond acceptors (Lipinski definition) is 4. The third kappa shape index (κ3) is 4.49. The maximum absolute atomic E-state index is 13.2. The number of guanidine groups is 1. The van der Waals surface area contributed by atoms with Crippen molar-refractivity contribution in [3.8, 4) is 0 Å². The summed E-state index contributed by atoms with van der Waals surface area (Å²) in [4.78, 5) is 25.2. The fraction of sp³-hybridized carbons (Fsp3) is 0.500. The molecule has 8 heteroatoms. The molecule has 4 atom stereocenters. The number of aliphatic imine (C=N–C) groups is 1. The molecule has 0 amide bonds. The summed E-state index contributed by atoms with van der Waals surface area (Å²) < 4.78 is 14.8. The van der Waals surface area contributed by atoms with E-state index in [9.17, 15) is 9.18 Å². The van der Waals surface area contributed by atoms with Crippen LogP contribution in [0.4, 0.5) is 10.1 Å². The van der Waals surface area contributed by atoms with E-state index in [1.807, 2.05) is 18.2 Å². The molecule has 1 aliphatic heterocycles. The smallest absolute Gasteiger partial charge is 0.261 e. The fourth-order valence-electron chi connectivity index (χ4n) is 6.75. The quantitative estimate of drug-likeness (QED) is 0.391. The lowest BCUT2D eigenvalue weighted by molar-refractivity contribution is -0.108. The van der Waals surface area contributed by atoms with Crippen LogP contribution in [0.3, 0.4) is 0 Å². The fourth-order valence-corrected chi connectivity index (χ4v) is 6.75. The minimum Gasteiger partial charge on any atom is -0.339 e. The van der Waals surface area contributed by atoms with E-state index in [1.165, 1.54) is 18.6 Å². The zero-order chi connectivity index (χ0) is 26.6. The number of likely N-dealkylation sites (tertiary alicyclic amines) is 1. The Balaban J connectivity index is 1.21. The summed E-state index contributed by atoms with van der Waals surface area (Å²) in [7, 11) is 0. The van der Waals surface area contributed by atoms with E-state index in [2.05, 4.69) is 36.0 Å². The highest BCUT2D eigenvalue weighted by Gasteiger charge is 2.56. The molecule has 4 aliphatic rings. The summed E-state index contributed by atoms with van der Waals surface area (Å²) in [5.74, 6) is 2.63. The molecule has 0 unspecified atom stereocenters. The molecule has 200 valence electrons. The van der Waals surface area contributed by atoms with Crippen molar-refractivity contribution in [2.24, 2.45) is 33.9 Å². The predicted molar refractivity (Wildman–Crippen MR) is 150 cm³/mol. The Kier molecular flexibility index (Phi) is 6.25. The first-order chi connectivity index (χ1) is 18.2. The first-order valence-electron chi connectivity index (χ1n) is 13.8. The number of benzene rings is 2. The van der Waals surface area contributed by atoms with Gasteiger partial charge in [-0.05, 0) is 78.3 Å². The highest BCUT2D eigenvalue weighted by molar-refractivity contribution is 5.96. The zero-order valence-corrected chi connectivity index (χ0v) is 22.4. The Labute approximate surface area is 223 Å². The van der Waals surface area contributed by atoms with Crippen LogP contribution in [0.1, 0.15) is 39.2 Å². The molecule has 2 bridgehead atoms. The number of hydrogen-bond donors (Lipinski definition) is 2. The summed E-state index contributed by atoms with van der Waals surface area (Å²) in [6, 6.07) is 12.5. The van der Waals surface area contributed by atoms with Gasteiger partial charge in [0.2, 0.25) is 0 Å². The molecule has 7 rings (SSSR count). The number of nitrogens with two attached hydrogens (primary N) is 1. The molecular weight excluding hydrogens is 479 g/mol. The van der Waals surface area contributed by atoms with Crippen LogP contribution in [0.15, 0.2) is 58.6 Å². The number of rotatable bonds is 5. The van der Waals surface area contributed by atoms with Gasteiger partial charge in [0.05, 0.1) is 23.3 Å². The van der Waals surface area contributed by atoms with E-state index in [4.69, 9.17) is 10.7 Å². The molecule has 0 spiro atoms. The number of nitrogens with zero attached hydrogens (tertiary/aromatic N) is 4. The van der Waals surface area contributed by atoms with Gasteiger partial charge in [0.1, 0.15) is 5.82 Å².